The quantitative estimate of drug-likeness (QED) is 0.256. The van der Waals surface area contributed by atoms with Crippen LogP contribution in [0.5, 0.6) is 0 Å². The van der Waals surface area contributed by atoms with E-state index in [4.69, 9.17) is 0 Å². The summed E-state index contributed by atoms with van der Waals surface area (Å²) in [6, 6.07) is 42.9. The number of benzene rings is 4. The number of rotatable bonds is 7. The van der Waals surface area contributed by atoms with E-state index >= 15 is 0 Å². The van der Waals surface area contributed by atoms with Crippen LogP contribution in [0.3, 0.4) is 0 Å². The molecule has 2 atom stereocenters. The van der Waals surface area contributed by atoms with Crippen molar-refractivity contribution < 1.29 is 9.90 Å². The Balaban J connectivity index is 1.63. The number of likely N-dealkylation sites (tertiary alicyclic amines) is 1. The molecule has 0 saturated carbocycles. The van der Waals surface area contributed by atoms with Crippen LogP contribution in [0.15, 0.2) is 121 Å². The third-order valence-corrected chi connectivity index (χ3v) is 13.6. The predicted molar refractivity (Wildman–Crippen MR) is 168 cm³/mol. The average Bonchev–Trinajstić information content (AvgIpc) is 3.35. The van der Waals surface area contributed by atoms with E-state index in [9.17, 15) is 9.90 Å². The number of amides is 1. The molecule has 0 aliphatic carbocycles. The Morgan fingerprint density at radius 1 is 0.744 bits per heavy atom. The van der Waals surface area contributed by atoms with Crippen LogP contribution in [0.4, 0.5) is 4.79 Å². The van der Waals surface area contributed by atoms with E-state index in [2.05, 4.69) is 142 Å². The highest BCUT2D eigenvalue weighted by atomic mass is 31.1. The largest absolute Gasteiger partial charge is 0.465 e. The molecule has 4 aromatic carbocycles. The fraction of sp³-hybridized carbons (Fsp3) is 0.265. The Morgan fingerprint density at radius 3 is 1.49 bits per heavy atom. The summed E-state index contributed by atoms with van der Waals surface area (Å²) in [6.45, 7) is 7.27. The van der Waals surface area contributed by atoms with Gasteiger partial charge in [0.1, 0.15) is 0 Å². The van der Waals surface area contributed by atoms with Gasteiger partial charge in [0.2, 0.25) is 0 Å². The number of carboxylic acid groups (broad SMARTS) is 1. The average molecular weight is 554 g/mol. The van der Waals surface area contributed by atoms with Crippen molar-refractivity contribution in [1.82, 2.24) is 4.90 Å². The van der Waals surface area contributed by atoms with Crippen molar-refractivity contribution in [2.75, 3.05) is 12.7 Å². The molecule has 1 fully saturated rings. The van der Waals surface area contributed by atoms with Gasteiger partial charge in [-0.15, -0.1) is 0 Å². The van der Waals surface area contributed by atoms with Gasteiger partial charge in [-0.3, -0.25) is 0 Å². The number of hydrogen-bond donors (Lipinski definition) is 1. The van der Waals surface area contributed by atoms with Crippen molar-refractivity contribution in [2.24, 2.45) is 5.41 Å². The standard InChI is InChI=1S/C34H37NO2P2/c1-33(2,3)34(26-38(27-16-8-4-9-17-27)28-18-10-5-11-19-28)24-31(25-35(34)32(36)37)39(29-20-12-6-13-21-29)30-22-14-7-15-23-30/h4-23,31H,24-26H2,1-3H3,(H,36,37)/t31-,34+/m0/s1. The van der Waals surface area contributed by atoms with E-state index in [1.165, 1.54) is 21.2 Å². The molecule has 0 radical (unpaired) electrons. The molecule has 1 N–H and O–H groups in total. The molecule has 1 aliphatic rings. The summed E-state index contributed by atoms with van der Waals surface area (Å²) >= 11 is 0. The molecule has 0 bridgehead atoms. The first-order valence-corrected chi connectivity index (χ1v) is 16.5. The fourth-order valence-corrected chi connectivity index (χ4v) is 12.0. The maximum Gasteiger partial charge on any atom is 0.407 e. The molecule has 1 amide bonds. The smallest absolute Gasteiger partial charge is 0.407 e. The Bertz CT molecular complexity index is 1280. The first-order valence-electron chi connectivity index (χ1n) is 13.6. The summed E-state index contributed by atoms with van der Waals surface area (Å²) < 4.78 is 0. The molecule has 1 heterocycles. The van der Waals surface area contributed by atoms with Gasteiger partial charge >= 0.3 is 6.09 Å². The van der Waals surface area contributed by atoms with Gasteiger partial charge in [-0.1, -0.05) is 142 Å². The van der Waals surface area contributed by atoms with E-state index in [1.54, 1.807) is 0 Å². The monoisotopic (exact) mass is 553 g/mol. The molecule has 39 heavy (non-hydrogen) atoms. The van der Waals surface area contributed by atoms with Gasteiger partial charge in [-0.05, 0) is 55.1 Å². The minimum atomic E-state index is -0.806. The van der Waals surface area contributed by atoms with Gasteiger partial charge < -0.3 is 10.0 Å². The molecule has 0 spiro atoms. The number of carbonyl (C=O) groups is 1. The lowest BCUT2D eigenvalue weighted by molar-refractivity contribution is 0.0472. The second-order valence-corrected chi connectivity index (χ2v) is 16.0. The summed E-state index contributed by atoms with van der Waals surface area (Å²) in [6.07, 6.45) is 0.839. The zero-order valence-electron chi connectivity index (χ0n) is 22.9. The molecule has 1 saturated heterocycles. The molecule has 3 nitrogen and oxygen atoms in total. The normalized spacial score (nSPS) is 19.5. The predicted octanol–water partition coefficient (Wildman–Crippen LogP) is 6.79. The molecule has 5 heteroatoms. The van der Waals surface area contributed by atoms with Gasteiger partial charge in [0.05, 0.1) is 5.54 Å². The zero-order valence-corrected chi connectivity index (χ0v) is 24.7. The molecule has 1 aliphatic heterocycles. The van der Waals surface area contributed by atoms with Crippen molar-refractivity contribution in [3.8, 4) is 0 Å². The van der Waals surface area contributed by atoms with Gasteiger partial charge in [0.25, 0.3) is 0 Å². The van der Waals surface area contributed by atoms with Crippen LogP contribution >= 0.6 is 15.8 Å². The minimum Gasteiger partial charge on any atom is -0.465 e. The highest BCUT2D eigenvalue weighted by Gasteiger charge is 2.57. The summed E-state index contributed by atoms with van der Waals surface area (Å²) in [4.78, 5) is 14.9. The van der Waals surface area contributed by atoms with Gasteiger partial charge in [-0.25, -0.2) is 4.79 Å². The lowest BCUT2D eigenvalue weighted by atomic mass is 9.73. The topological polar surface area (TPSA) is 40.5 Å². The van der Waals surface area contributed by atoms with E-state index in [0.717, 1.165) is 12.6 Å². The summed E-state index contributed by atoms with van der Waals surface area (Å²) in [5.41, 5.74) is -0.535. The summed E-state index contributed by atoms with van der Waals surface area (Å²) in [7, 11) is -1.51. The van der Waals surface area contributed by atoms with Crippen LogP contribution in [0.2, 0.25) is 0 Å². The first kappa shape index (κ1) is 27.6. The van der Waals surface area contributed by atoms with Crippen molar-refractivity contribution in [3.63, 3.8) is 0 Å². The molecular weight excluding hydrogens is 516 g/mol. The molecular formula is C34H37NO2P2. The van der Waals surface area contributed by atoms with Crippen LogP contribution in [-0.2, 0) is 0 Å². The third-order valence-electron chi connectivity index (χ3n) is 8.10. The van der Waals surface area contributed by atoms with Crippen molar-refractivity contribution >= 4 is 43.2 Å². The highest BCUT2D eigenvalue weighted by molar-refractivity contribution is 7.74. The lowest BCUT2D eigenvalue weighted by Gasteiger charge is -2.49. The Hall–Kier alpha value is -2.99. The van der Waals surface area contributed by atoms with Crippen molar-refractivity contribution in [1.29, 1.82) is 0 Å². The van der Waals surface area contributed by atoms with E-state index in [1.807, 2.05) is 4.90 Å². The van der Waals surface area contributed by atoms with E-state index < -0.39 is 27.5 Å². The molecule has 0 unspecified atom stereocenters. The van der Waals surface area contributed by atoms with E-state index in [0.29, 0.717) is 6.54 Å². The summed E-state index contributed by atoms with van der Waals surface area (Å²) in [5.74, 6) is 0. The van der Waals surface area contributed by atoms with Gasteiger partial charge in [-0.2, -0.15) is 0 Å². The van der Waals surface area contributed by atoms with Crippen LogP contribution in [0.25, 0.3) is 0 Å². The van der Waals surface area contributed by atoms with Crippen LogP contribution < -0.4 is 21.2 Å². The second kappa shape index (κ2) is 11.6. The SMILES string of the molecule is CC(C)(C)[C@]1(CP(c2ccccc2)c2ccccc2)C[C@H](P(c2ccccc2)c2ccccc2)CN1C(=O)O. The van der Waals surface area contributed by atoms with E-state index in [-0.39, 0.29) is 11.1 Å². The molecule has 5 rings (SSSR count). The van der Waals surface area contributed by atoms with Crippen molar-refractivity contribution in [3.05, 3.63) is 121 Å². The Labute approximate surface area is 235 Å². The third kappa shape index (κ3) is 5.67. The van der Waals surface area contributed by atoms with Crippen LogP contribution in [0, 0.1) is 5.41 Å². The molecule has 0 aromatic heterocycles. The second-order valence-electron chi connectivity index (χ2n) is 11.3. The first-order chi connectivity index (χ1) is 18.8. The maximum absolute atomic E-state index is 13.1. The van der Waals surface area contributed by atoms with Gasteiger partial charge in [0, 0.05) is 12.2 Å². The van der Waals surface area contributed by atoms with Crippen LogP contribution in [0.1, 0.15) is 27.2 Å². The maximum atomic E-state index is 13.1. The van der Waals surface area contributed by atoms with Crippen LogP contribution in [-0.4, -0.2) is 40.0 Å². The summed E-state index contributed by atoms with van der Waals surface area (Å²) in [5, 5.41) is 16.0. The Morgan fingerprint density at radius 2 is 1.13 bits per heavy atom. The fourth-order valence-electron chi connectivity index (χ4n) is 6.04. The van der Waals surface area contributed by atoms with Gasteiger partial charge in [0.15, 0.2) is 0 Å². The number of hydrogen-bond acceptors (Lipinski definition) is 1. The molecule has 4 aromatic rings. The molecule has 200 valence electrons. The lowest BCUT2D eigenvalue weighted by Crippen LogP contribution is -2.58. The number of nitrogens with zero attached hydrogens (tertiary/aromatic N) is 1. The zero-order chi connectivity index (χ0) is 27.5. The highest BCUT2D eigenvalue weighted by Crippen LogP contribution is 2.57. The minimum absolute atomic E-state index is 0.225. The van der Waals surface area contributed by atoms with Crippen molar-refractivity contribution in [2.45, 2.75) is 38.4 Å². The Kier molecular flexibility index (Phi) is 8.22.